The first kappa shape index (κ1) is 19.7. The Morgan fingerprint density at radius 3 is 2.78 bits per heavy atom. The number of likely N-dealkylation sites (tertiary alicyclic amines) is 1. The first-order valence-corrected chi connectivity index (χ1v) is 7.72. The quantitative estimate of drug-likeness (QED) is 0.659. The van der Waals surface area contributed by atoms with Crippen LogP contribution in [0.15, 0.2) is 18.2 Å². The standard InChI is InChI=1S/C15H20ClN3O3.ClH/c1-10-4-5-18(13(6-10)9-17)15(20)7-11-2-3-12(19(21)22)8-14(11)16;/h2-3,8,10,13H,4-7,9,17H2,1H3;1H. The highest BCUT2D eigenvalue weighted by Crippen LogP contribution is 2.26. The lowest BCUT2D eigenvalue weighted by Crippen LogP contribution is -2.49. The predicted molar refractivity (Wildman–Crippen MR) is 92.0 cm³/mol. The summed E-state index contributed by atoms with van der Waals surface area (Å²) in [6, 6.07) is 4.26. The smallest absolute Gasteiger partial charge is 0.270 e. The van der Waals surface area contributed by atoms with Crippen LogP contribution in [0.3, 0.4) is 0 Å². The van der Waals surface area contributed by atoms with Gasteiger partial charge in [-0.05, 0) is 24.3 Å². The van der Waals surface area contributed by atoms with Crippen LogP contribution in [0.1, 0.15) is 25.3 Å². The van der Waals surface area contributed by atoms with Crippen molar-refractivity contribution in [3.63, 3.8) is 0 Å². The molecule has 6 nitrogen and oxygen atoms in total. The minimum atomic E-state index is -0.506. The number of carbonyl (C=O) groups is 1. The van der Waals surface area contributed by atoms with Crippen molar-refractivity contribution in [2.24, 2.45) is 11.7 Å². The van der Waals surface area contributed by atoms with E-state index in [1.165, 1.54) is 12.1 Å². The highest BCUT2D eigenvalue weighted by atomic mass is 35.5. The minimum absolute atomic E-state index is 0. The van der Waals surface area contributed by atoms with E-state index in [-0.39, 0.29) is 41.5 Å². The Morgan fingerprint density at radius 1 is 1.52 bits per heavy atom. The maximum atomic E-state index is 12.5. The average Bonchev–Trinajstić information content (AvgIpc) is 2.48. The van der Waals surface area contributed by atoms with Crippen LogP contribution in [0.25, 0.3) is 0 Å². The van der Waals surface area contributed by atoms with E-state index in [2.05, 4.69) is 6.92 Å². The van der Waals surface area contributed by atoms with Gasteiger partial charge in [0.05, 0.1) is 16.4 Å². The summed E-state index contributed by atoms with van der Waals surface area (Å²) in [7, 11) is 0. The molecule has 1 aromatic carbocycles. The van der Waals surface area contributed by atoms with Gasteiger partial charge < -0.3 is 10.6 Å². The molecule has 1 fully saturated rings. The Bertz CT molecular complexity index is 583. The number of nitro benzene ring substituents is 1. The van der Waals surface area contributed by atoms with E-state index in [0.29, 0.717) is 24.6 Å². The summed E-state index contributed by atoms with van der Waals surface area (Å²) < 4.78 is 0. The van der Waals surface area contributed by atoms with E-state index in [9.17, 15) is 14.9 Å². The van der Waals surface area contributed by atoms with Crippen LogP contribution in [0.5, 0.6) is 0 Å². The van der Waals surface area contributed by atoms with Crippen LogP contribution in [-0.2, 0) is 11.2 Å². The molecule has 0 bridgehead atoms. The van der Waals surface area contributed by atoms with Crippen LogP contribution in [0, 0.1) is 16.0 Å². The first-order chi connectivity index (χ1) is 10.4. The molecule has 0 aromatic heterocycles. The highest BCUT2D eigenvalue weighted by Gasteiger charge is 2.29. The lowest BCUT2D eigenvalue weighted by molar-refractivity contribution is -0.384. The van der Waals surface area contributed by atoms with Gasteiger partial charge in [0.15, 0.2) is 0 Å². The molecule has 1 heterocycles. The zero-order valence-electron chi connectivity index (χ0n) is 12.9. The summed E-state index contributed by atoms with van der Waals surface area (Å²) in [5.41, 5.74) is 6.30. The SMILES string of the molecule is CC1CCN(C(=O)Cc2ccc([N+](=O)[O-])cc2Cl)C(CN)C1.Cl. The molecule has 1 aromatic rings. The molecule has 2 unspecified atom stereocenters. The van der Waals surface area contributed by atoms with Gasteiger partial charge in [0.1, 0.15) is 0 Å². The molecule has 23 heavy (non-hydrogen) atoms. The number of carbonyl (C=O) groups excluding carboxylic acids is 1. The van der Waals surface area contributed by atoms with E-state index in [1.54, 1.807) is 6.07 Å². The van der Waals surface area contributed by atoms with Gasteiger partial charge in [-0.1, -0.05) is 24.6 Å². The van der Waals surface area contributed by atoms with Gasteiger partial charge in [0.25, 0.3) is 5.69 Å². The molecule has 0 saturated carbocycles. The third-order valence-corrected chi connectivity index (χ3v) is 4.51. The molecule has 8 heteroatoms. The Hall–Kier alpha value is -1.37. The molecule has 0 radical (unpaired) electrons. The number of hydrogen-bond donors (Lipinski definition) is 1. The minimum Gasteiger partial charge on any atom is -0.338 e. The van der Waals surface area contributed by atoms with Crippen molar-refractivity contribution in [2.45, 2.75) is 32.2 Å². The van der Waals surface area contributed by atoms with Gasteiger partial charge in [-0.25, -0.2) is 0 Å². The maximum Gasteiger partial charge on any atom is 0.270 e. The zero-order chi connectivity index (χ0) is 16.3. The van der Waals surface area contributed by atoms with E-state index in [4.69, 9.17) is 17.3 Å². The Labute approximate surface area is 146 Å². The van der Waals surface area contributed by atoms with E-state index in [0.717, 1.165) is 12.8 Å². The number of amides is 1. The molecule has 2 atom stereocenters. The summed E-state index contributed by atoms with van der Waals surface area (Å²) in [6.07, 6.45) is 2.02. The second-order valence-corrected chi connectivity index (χ2v) is 6.22. The van der Waals surface area contributed by atoms with Crippen molar-refractivity contribution in [3.05, 3.63) is 38.9 Å². The summed E-state index contributed by atoms with van der Waals surface area (Å²) >= 11 is 6.05. The lowest BCUT2D eigenvalue weighted by atomic mass is 9.92. The highest BCUT2D eigenvalue weighted by molar-refractivity contribution is 6.31. The molecule has 1 aliphatic heterocycles. The largest absolute Gasteiger partial charge is 0.338 e. The molecule has 1 aliphatic rings. The zero-order valence-corrected chi connectivity index (χ0v) is 14.5. The van der Waals surface area contributed by atoms with Crippen LogP contribution in [0.4, 0.5) is 5.69 Å². The monoisotopic (exact) mass is 361 g/mol. The Kier molecular flexibility index (Phi) is 7.25. The average molecular weight is 362 g/mol. The lowest BCUT2D eigenvalue weighted by Gasteiger charge is -2.38. The van der Waals surface area contributed by atoms with Crippen LogP contribution >= 0.6 is 24.0 Å². The number of rotatable bonds is 4. The van der Waals surface area contributed by atoms with Gasteiger partial charge in [-0.3, -0.25) is 14.9 Å². The Balaban J connectivity index is 0.00000264. The fourth-order valence-corrected chi connectivity index (χ4v) is 3.10. The van der Waals surface area contributed by atoms with Crippen LogP contribution in [-0.4, -0.2) is 34.9 Å². The molecular formula is C15H21Cl2N3O3. The number of piperidine rings is 1. The van der Waals surface area contributed by atoms with E-state index < -0.39 is 4.92 Å². The van der Waals surface area contributed by atoms with Crippen molar-refractivity contribution < 1.29 is 9.72 Å². The molecule has 128 valence electrons. The number of hydrogen-bond acceptors (Lipinski definition) is 4. The number of non-ortho nitro benzene ring substituents is 1. The molecule has 1 amide bonds. The molecule has 2 rings (SSSR count). The number of nitrogens with two attached hydrogens (primary N) is 1. The second kappa shape index (κ2) is 8.47. The molecular weight excluding hydrogens is 341 g/mol. The van der Waals surface area contributed by atoms with Gasteiger partial charge in [0.2, 0.25) is 5.91 Å². The topological polar surface area (TPSA) is 89.5 Å². The fraction of sp³-hybridized carbons (Fsp3) is 0.533. The third kappa shape index (κ3) is 4.80. The van der Waals surface area contributed by atoms with Crippen LogP contribution < -0.4 is 5.73 Å². The molecule has 2 N–H and O–H groups in total. The van der Waals surface area contributed by atoms with Crippen molar-refractivity contribution in [1.82, 2.24) is 4.90 Å². The van der Waals surface area contributed by atoms with Gasteiger partial charge in [0, 0.05) is 31.3 Å². The van der Waals surface area contributed by atoms with E-state index >= 15 is 0 Å². The van der Waals surface area contributed by atoms with E-state index in [1.807, 2.05) is 4.90 Å². The van der Waals surface area contributed by atoms with Gasteiger partial charge >= 0.3 is 0 Å². The number of nitro groups is 1. The van der Waals surface area contributed by atoms with Crippen molar-refractivity contribution in [1.29, 1.82) is 0 Å². The third-order valence-electron chi connectivity index (χ3n) is 4.16. The predicted octanol–water partition coefficient (Wildman–Crippen LogP) is 2.80. The van der Waals surface area contributed by atoms with Gasteiger partial charge in [-0.2, -0.15) is 0 Å². The van der Waals surface area contributed by atoms with Crippen molar-refractivity contribution in [2.75, 3.05) is 13.1 Å². The maximum absolute atomic E-state index is 12.5. The molecule has 1 saturated heterocycles. The second-order valence-electron chi connectivity index (χ2n) is 5.82. The summed E-state index contributed by atoms with van der Waals surface area (Å²) in [6.45, 7) is 3.31. The summed E-state index contributed by atoms with van der Waals surface area (Å²) in [4.78, 5) is 24.5. The summed E-state index contributed by atoms with van der Waals surface area (Å²) in [5, 5.41) is 11.0. The van der Waals surface area contributed by atoms with Crippen molar-refractivity contribution in [3.8, 4) is 0 Å². The molecule has 0 aliphatic carbocycles. The molecule has 0 spiro atoms. The van der Waals surface area contributed by atoms with Crippen molar-refractivity contribution >= 4 is 35.6 Å². The van der Waals surface area contributed by atoms with Gasteiger partial charge in [-0.15, -0.1) is 12.4 Å². The summed E-state index contributed by atoms with van der Waals surface area (Å²) in [5.74, 6) is 0.540. The Morgan fingerprint density at radius 2 is 2.22 bits per heavy atom. The number of benzene rings is 1. The number of halogens is 2. The normalized spacial score (nSPS) is 20.7. The fourth-order valence-electron chi connectivity index (χ4n) is 2.86. The first-order valence-electron chi connectivity index (χ1n) is 7.34. The van der Waals surface area contributed by atoms with Crippen LogP contribution in [0.2, 0.25) is 5.02 Å². The number of nitrogens with zero attached hydrogens (tertiary/aromatic N) is 2.